The van der Waals surface area contributed by atoms with Gasteiger partial charge in [0.25, 0.3) is 5.91 Å². The highest BCUT2D eigenvalue weighted by molar-refractivity contribution is 6.42. The molecule has 0 unspecified atom stereocenters. The molecular weight excluding hydrogens is 480 g/mol. The van der Waals surface area contributed by atoms with E-state index in [1.807, 2.05) is 24.3 Å². The molecule has 2 heterocycles. The van der Waals surface area contributed by atoms with E-state index in [-0.39, 0.29) is 22.3 Å². The molecule has 0 spiro atoms. The van der Waals surface area contributed by atoms with E-state index >= 15 is 0 Å². The van der Waals surface area contributed by atoms with Crippen LogP contribution in [0.15, 0.2) is 69.9 Å². The number of carbonyl (C=O) groups is 1. The van der Waals surface area contributed by atoms with Gasteiger partial charge < -0.3 is 14.1 Å². The fourth-order valence-corrected chi connectivity index (χ4v) is 4.60. The molecule has 4 aromatic rings. The number of fused-ring (bicyclic) bond motifs is 2. The summed E-state index contributed by atoms with van der Waals surface area (Å²) < 4.78 is 24.9. The summed E-state index contributed by atoms with van der Waals surface area (Å²) in [6, 6.07) is 15.4. The Morgan fingerprint density at radius 2 is 1.76 bits per heavy atom. The van der Waals surface area contributed by atoms with Gasteiger partial charge in [0.05, 0.1) is 34.1 Å². The van der Waals surface area contributed by atoms with Crippen molar-refractivity contribution < 1.29 is 18.3 Å². The molecule has 1 amide bonds. The number of nitrogens with zero attached hydrogens (tertiary/aromatic N) is 1. The van der Waals surface area contributed by atoms with E-state index in [4.69, 9.17) is 32.4 Å². The van der Waals surface area contributed by atoms with Crippen LogP contribution in [0.5, 0.6) is 5.75 Å². The number of halogens is 3. The van der Waals surface area contributed by atoms with E-state index in [0.29, 0.717) is 28.6 Å². The maximum Gasteiger partial charge on any atom is 0.290 e. The molecule has 0 bridgehead atoms. The van der Waals surface area contributed by atoms with Gasteiger partial charge in [-0.15, -0.1) is 0 Å². The SMILES string of the molecule is COc1ccc(CCN2C(=O)c3oc4ccc(F)cc4c(=O)c3[C@H]2c2ccc(Cl)c(Cl)c2)cc1. The minimum atomic E-state index is -0.751. The summed E-state index contributed by atoms with van der Waals surface area (Å²) >= 11 is 12.4. The smallest absolute Gasteiger partial charge is 0.290 e. The lowest BCUT2D eigenvalue weighted by Gasteiger charge is -2.25. The van der Waals surface area contributed by atoms with Crippen LogP contribution in [0.3, 0.4) is 0 Å². The predicted octanol–water partition coefficient (Wildman–Crippen LogP) is 6.04. The minimum absolute atomic E-state index is 0.0464. The zero-order valence-electron chi connectivity index (χ0n) is 18.0. The first-order valence-electron chi connectivity index (χ1n) is 10.5. The van der Waals surface area contributed by atoms with Gasteiger partial charge in [-0.25, -0.2) is 4.39 Å². The van der Waals surface area contributed by atoms with Crippen molar-refractivity contribution in [3.8, 4) is 5.75 Å². The van der Waals surface area contributed by atoms with Crippen molar-refractivity contribution in [1.82, 2.24) is 4.90 Å². The maximum absolute atomic E-state index is 13.9. The highest BCUT2D eigenvalue weighted by atomic mass is 35.5. The molecule has 0 saturated carbocycles. The van der Waals surface area contributed by atoms with Gasteiger partial charge in [0.2, 0.25) is 5.76 Å². The molecule has 1 atom stereocenters. The molecule has 0 N–H and O–H groups in total. The van der Waals surface area contributed by atoms with Crippen LogP contribution >= 0.6 is 23.2 Å². The molecule has 1 aromatic heterocycles. The van der Waals surface area contributed by atoms with Crippen LogP contribution in [0.1, 0.15) is 33.3 Å². The topological polar surface area (TPSA) is 59.8 Å². The Bertz CT molecular complexity index is 1480. The molecule has 5 rings (SSSR count). The van der Waals surface area contributed by atoms with Crippen LogP contribution in [0, 0.1) is 5.82 Å². The van der Waals surface area contributed by atoms with Crippen molar-refractivity contribution in [3.63, 3.8) is 0 Å². The molecule has 0 radical (unpaired) electrons. The Balaban J connectivity index is 1.62. The summed E-state index contributed by atoms with van der Waals surface area (Å²) in [5.74, 6) is -0.292. The fraction of sp³-hybridized carbons (Fsp3) is 0.154. The molecule has 0 fully saturated rings. The molecule has 0 saturated heterocycles. The zero-order chi connectivity index (χ0) is 24.0. The van der Waals surface area contributed by atoms with Gasteiger partial charge in [0.15, 0.2) is 5.43 Å². The van der Waals surface area contributed by atoms with E-state index in [1.165, 1.54) is 12.1 Å². The highest BCUT2D eigenvalue weighted by Crippen LogP contribution is 2.40. The minimum Gasteiger partial charge on any atom is -0.497 e. The summed E-state index contributed by atoms with van der Waals surface area (Å²) in [6.45, 7) is 0.310. The van der Waals surface area contributed by atoms with Crippen LogP contribution in [0.25, 0.3) is 11.0 Å². The monoisotopic (exact) mass is 497 g/mol. The van der Waals surface area contributed by atoms with Gasteiger partial charge in [-0.1, -0.05) is 41.4 Å². The largest absolute Gasteiger partial charge is 0.497 e. The molecule has 5 nitrogen and oxygen atoms in total. The van der Waals surface area contributed by atoms with Crippen molar-refractivity contribution in [2.24, 2.45) is 0 Å². The summed E-state index contributed by atoms with van der Waals surface area (Å²) in [4.78, 5) is 28.5. The lowest BCUT2D eigenvalue weighted by molar-refractivity contribution is 0.0730. The second-order valence-corrected chi connectivity index (χ2v) is 8.80. The Morgan fingerprint density at radius 3 is 2.47 bits per heavy atom. The Hall–Kier alpha value is -3.35. The zero-order valence-corrected chi connectivity index (χ0v) is 19.5. The van der Waals surface area contributed by atoms with Gasteiger partial charge >= 0.3 is 0 Å². The van der Waals surface area contributed by atoms with Crippen LogP contribution < -0.4 is 10.2 Å². The third-order valence-electron chi connectivity index (χ3n) is 5.99. The van der Waals surface area contributed by atoms with Gasteiger partial charge in [0, 0.05) is 6.54 Å². The van der Waals surface area contributed by atoms with Crippen molar-refractivity contribution in [3.05, 3.63) is 109 Å². The standard InChI is InChI=1S/C26H18Cl2FNO4/c1-33-17-6-2-14(3-7-17)10-11-30-23(15-4-8-19(27)20(28)12-15)22-24(31)18-13-16(29)5-9-21(18)34-25(22)26(30)32/h2-9,12-13,23H,10-11H2,1H3/t23-/m1/s1. The molecule has 172 valence electrons. The summed E-state index contributed by atoms with van der Waals surface area (Å²) in [7, 11) is 1.59. The van der Waals surface area contributed by atoms with E-state index in [0.717, 1.165) is 17.4 Å². The first-order valence-corrected chi connectivity index (χ1v) is 11.3. The van der Waals surface area contributed by atoms with Crippen LogP contribution in [0.2, 0.25) is 10.0 Å². The third kappa shape index (κ3) is 3.83. The summed E-state index contributed by atoms with van der Waals surface area (Å²) in [5.41, 5.74) is 1.47. The van der Waals surface area contributed by atoms with Gasteiger partial charge in [0.1, 0.15) is 17.1 Å². The number of ether oxygens (including phenoxy) is 1. The number of rotatable bonds is 5. The van der Waals surface area contributed by atoms with Crippen molar-refractivity contribution >= 4 is 40.1 Å². The molecule has 3 aromatic carbocycles. The van der Waals surface area contributed by atoms with Crippen molar-refractivity contribution in [1.29, 1.82) is 0 Å². The average Bonchev–Trinajstić information content (AvgIpc) is 3.12. The second kappa shape index (κ2) is 8.78. The first kappa shape index (κ1) is 22.4. The lowest BCUT2D eigenvalue weighted by atomic mass is 9.98. The number of hydrogen-bond acceptors (Lipinski definition) is 4. The molecule has 1 aliphatic heterocycles. The number of methoxy groups -OCH3 is 1. The Kier molecular flexibility index (Phi) is 5.80. The summed E-state index contributed by atoms with van der Waals surface area (Å²) in [6.07, 6.45) is 0.532. The van der Waals surface area contributed by atoms with E-state index in [1.54, 1.807) is 30.2 Å². The Morgan fingerprint density at radius 1 is 1.00 bits per heavy atom. The third-order valence-corrected chi connectivity index (χ3v) is 6.73. The molecular formula is C26H18Cl2FNO4. The van der Waals surface area contributed by atoms with Gasteiger partial charge in [-0.05, 0) is 60.0 Å². The fourth-order valence-electron chi connectivity index (χ4n) is 4.29. The van der Waals surface area contributed by atoms with Crippen LogP contribution in [-0.4, -0.2) is 24.5 Å². The molecule has 8 heteroatoms. The predicted molar refractivity (Wildman–Crippen MR) is 128 cm³/mol. The van der Waals surface area contributed by atoms with Crippen molar-refractivity contribution in [2.45, 2.75) is 12.5 Å². The van der Waals surface area contributed by atoms with Gasteiger partial charge in [-0.3, -0.25) is 9.59 Å². The summed E-state index contributed by atoms with van der Waals surface area (Å²) in [5, 5.41) is 0.729. The lowest BCUT2D eigenvalue weighted by Crippen LogP contribution is -2.31. The van der Waals surface area contributed by atoms with E-state index < -0.39 is 23.2 Å². The van der Waals surface area contributed by atoms with Gasteiger partial charge in [-0.2, -0.15) is 0 Å². The van der Waals surface area contributed by atoms with Crippen LogP contribution in [0.4, 0.5) is 4.39 Å². The Labute approximate surface area is 204 Å². The average molecular weight is 498 g/mol. The van der Waals surface area contributed by atoms with E-state index in [9.17, 15) is 14.0 Å². The van der Waals surface area contributed by atoms with E-state index in [2.05, 4.69) is 0 Å². The molecule has 1 aliphatic rings. The molecule has 0 aliphatic carbocycles. The molecule has 34 heavy (non-hydrogen) atoms. The second-order valence-electron chi connectivity index (χ2n) is 7.99. The normalized spacial score (nSPS) is 15.1. The maximum atomic E-state index is 13.9. The number of amides is 1. The number of benzene rings is 3. The van der Waals surface area contributed by atoms with Crippen molar-refractivity contribution in [2.75, 3.05) is 13.7 Å². The quantitative estimate of drug-likeness (QED) is 0.337. The number of carbonyl (C=O) groups excluding carboxylic acids is 1. The van der Waals surface area contributed by atoms with Crippen LogP contribution in [-0.2, 0) is 6.42 Å². The first-order chi connectivity index (χ1) is 16.4. The highest BCUT2D eigenvalue weighted by Gasteiger charge is 2.42. The number of hydrogen-bond donors (Lipinski definition) is 0.